The molecule has 1 aliphatic rings. The van der Waals surface area contributed by atoms with E-state index < -0.39 is 71.7 Å². The fourth-order valence-electron chi connectivity index (χ4n) is 3.81. The van der Waals surface area contributed by atoms with E-state index in [2.05, 4.69) is 10.3 Å². The monoisotopic (exact) mass is 508 g/mol. The van der Waals surface area contributed by atoms with Gasteiger partial charge in [-0.05, 0) is 19.1 Å². The number of hydrogen-bond donors (Lipinski definition) is 8. The average Bonchev–Trinajstić information content (AvgIpc) is 3.12. The Hall–Kier alpha value is -3.63. The maximum absolute atomic E-state index is 12.8. The number of carbonyl (C=O) groups is 2. The second-order valence-electron chi connectivity index (χ2n) is 8.61. The van der Waals surface area contributed by atoms with Gasteiger partial charge in [-0.25, -0.2) is 4.79 Å². The molecule has 0 aliphatic carbocycles. The van der Waals surface area contributed by atoms with Crippen molar-refractivity contribution in [3.05, 3.63) is 56.6 Å². The molecule has 1 aliphatic heterocycles. The molecule has 0 saturated carbocycles. The minimum atomic E-state index is -1.77. The van der Waals surface area contributed by atoms with Crippen LogP contribution >= 0.6 is 0 Å². The van der Waals surface area contributed by atoms with E-state index in [-0.39, 0.29) is 17.0 Å². The van der Waals surface area contributed by atoms with Gasteiger partial charge in [-0.15, -0.1) is 0 Å². The van der Waals surface area contributed by atoms with E-state index in [1.165, 1.54) is 26.0 Å². The summed E-state index contributed by atoms with van der Waals surface area (Å²) < 4.78 is 6.37. The van der Waals surface area contributed by atoms with Crippen LogP contribution in [0.25, 0.3) is 0 Å². The van der Waals surface area contributed by atoms with Crippen LogP contribution in [0.5, 0.6) is 5.75 Å². The van der Waals surface area contributed by atoms with E-state index in [1.54, 1.807) is 0 Å². The lowest BCUT2D eigenvalue weighted by atomic mass is 9.92. The molecule has 15 heteroatoms. The number of ether oxygens (including phenoxy) is 1. The highest BCUT2D eigenvalue weighted by atomic mass is 16.6. The molecule has 2 aromatic rings. The second kappa shape index (κ2) is 10.5. The lowest BCUT2D eigenvalue weighted by Gasteiger charge is -2.28. The Morgan fingerprint density at radius 1 is 1.25 bits per heavy atom. The van der Waals surface area contributed by atoms with Gasteiger partial charge in [0.25, 0.3) is 5.56 Å². The van der Waals surface area contributed by atoms with Gasteiger partial charge >= 0.3 is 5.69 Å². The third kappa shape index (κ3) is 5.29. The number of hydrogen-bond acceptors (Lipinski definition) is 11. The first-order chi connectivity index (χ1) is 16.8. The summed E-state index contributed by atoms with van der Waals surface area (Å²) in [5.41, 5.74) is 10.0. The fourth-order valence-corrected chi connectivity index (χ4v) is 3.81. The topological polar surface area (TPSA) is 256 Å². The van der Waals surface area contributed by atoms with Crippen molar-refractivity contribution in [1.82, 2.24) is 19.9 Å². The minimum absolute atomic E-state index is 0.115. The molecule has 3 rings (SSSR count). The van der Waals surface area contributed by atoms with Gasteiger partial charge in [-0.3, -0.25) is 28.9 Å². The number of H-pyrrole nitrogens is 1. The zero-order valence-corrected chi connectivity index (χ0v) is 19.3. The van der Waals surface area contributed by atoms with E-state index >= 15 is 0 Å². The van der Waals surface area contributed by atoms with Gasteiger partial charge in [0.05, 0.1) is 17.9 Å². The Labute approximate surface area is 203 Å². The lowest BCUT2D eigenvalue weighted by Crippen LogP contribution is -2.59. The van der Waals surface area contributed by atoms with Crippen molar-refractivity contribution < 1.29 is 34.8 Å². The minimum Gasteiger partial charge on any atom is -0.506 e. The standard InChI is InChI=1S/C21H28N6O9/c1-7-6-27(21(35)26-18(7)33)20-15(31)14(30)16(36-20)12(17(23)32)25-19(34)11(22)8(2)13(29)10-4-3-9(28)5-24-10/h3-6,8,11-16,20,28-31H,22H2,1-2H3,(H2,23,32)(H,25,34)(H,26,33,35). The van der Waals surface area contributed by atoms with Crippen LogP contribution in [0.2, 0.25) is 0 Å². The quantitative estimate of drug-likeness (QED) is 0.172. The number of aryl methyl sites for hydroxylation is 1. The number of aromatic hydroxyl groups is 1. The third-order valence-corrected chi connectivity index (χ3v) is 6.07. The lowest BCUT2D eigenvalue weighted by molar-refractivity contribution is -0.135. The molecule has 8 unspecified atom stereocenters. The first-order valence-electron chi connectivity index (χ1n) is 10.9. The normalized spacial score (nSPS) is 25.1. The van der Waals surface area contributed by atoms with E-state index in [0.29, 0.717) is 0 Å². The number of aromatic amines is 1. The summed E-state index contributed by atoms with van der Waals surface area (Å²) in [4.78, 5) is 54.7. The molecule has 10 N–H and O–H groups in total. The summed E-state index contributed by atoms with van der Waals surface area (Å²) in [6, 6.07) is -0.434. The predicted molar refractivity (Wildman–Crippen MR) is 121 cm³/mol. The van der Waals surface area contributed by atoms with Gasteiger partial charge in [0.15, 0.2) is 6.23 Å². The highest BCUT2D eigenvalue weighted by molar-refractivity contribution is 5.89. The molecular formula is C21H28N6O9. The van der Waals surface area contributed by atoms with Crippen LogP contribution in [0.4, 0.5) is 0 Å². The number of pyridine rings is 1. The van der Waals surface area contributed by atoms with Gasteiger partial charge < -0.3 is 41.9 Å². The Bertz CT molecular complexity index is 1230. The molecule has 0 spiro atoms. The summed E-state index contributed by atoms with van der Waals surface area (Å²) in [5, 5.41) is 43.1. The number of rotatable bonds is 8. The summed E-state index contributed by atoms with van der Waals surface area (Å²) >= 11 is 0. The maximum Gasteiger partial charge on any atom is 0.330 e. The zero-order valence-electron chi connectivity index (χ0n) is 19.3. The molecule has 3 heterocycles. The van der Waals surface area contributed by atoms with E-state index in [4.69, 9.17) is 16.2 Å². The number of aliphatic hydroxyl groups excluding tert-OH is 3. The van der Waals surface area contributed by atoms with Crippen LogP contribution in [0.1, 0.15) is 30.5 Å². The molecule has 2 amide bonds. The van der Waals surface area contributed by atoms with Crippen molar-refractivity contribution in [2.75, 3.05) is 0 Å². The van der Waals surface area contributed by atoms with E-state index in [0.717, 1.165) is 17.0 Å². The average molecular weight is 508 g/mol. The van der Waals surface area contributed by atoms with Crippen LogP contribution in [0, 0.1) is 12.8 Å². The van der Waals surface area contributed by atoms with Crippen LogP contribution in [-0.4, -0.2) is 77.2 Å². The molecule has 8 atom stereocenters. The molecule has 196 valence electrons. The van der Waals surface area contributed by atoms with E-state index in [9.17, 15) is 39.6 Å². The van der Waals surface area contributed by atoms with Crippen molar-refractivity contribution in [2.45, 2.75) is 56.6 Å². The summed E-state index contributed by atoms with van der Waals surface area (Å²) in [6.07, 6.45) is -5.69. The van der Waals surface area contributed by atoms with Gasteiger partial charge in [0.2, 0.25) is 11.8 Å². The summed E-state index contributed by atoms with van der Waals surface area (Å²) in [6.45, 7) is 2.86. The third-order valence-electron chi connectivity index (χ3n) is 6.07. The molecule has 1 fully saturated rings. The Morgan fingerprint density at radius 3 is 2.50 bits per heavy atom. The van der Waals surface area contributed by atoms with Gasteiger partial charge in [-0.1, -0.05) is 6.92 Å². The highest BCUT2D eigenvalue weighted by Gasteiger charge is 2.50. The smallest absolute Gasteiger partial charge is 0.330 e. The molecule has 15 nitrogen and oxygen atoms in total. The highest BCUT2D eigenvalue weighted by Crippen LogP contribution is 2.30. The second-order valence-corrected chi connectivity index (χ2v) is 8.61. The molecule has 36 heavy (non-hydrogen) atoms. The number of nitrogens with two attached hydrogens (primary N) is 2. The first-order valence-corrected chi connectivity index (χ1v) is 10.9. The summed E-state index contributed by atoms with van der Waals surface area (Å²) in [7, 11) is 0. The van der Waals surface area contributed by atoms with Crippen LogP contribution in [0.3, 0.4) is 0 Å². The molecule has 1 saturated heterocycles. The van der Waals surface area contributed by atoms with Crippen LogP contribution in [-0.2, 0) is 14.3 Å². The largest absolute Gasteiger partial charge is 0.506 e. The van der Waals surface area contributed by atoms with Crippen LogP contribution < -0.4 is 28.0 Å². The van der Waals surface area contributed by atoms with Crippen molar-refractivity contribution in [3.8, 4) is 5.75 Å². The Morgan fingerprint density at radius 2 is 1.92 bits per heavy atom. The Kier molecular flexibility index (Phi) is 7.90. The molecule has 2 aromatic heterocycles. The SMILES string of the molecule is Cc1cn(C2OC(C(NC(=O)C(N)C(C)C(O)c3ccc(O)cn3)C(N)=O)C(O)C2O)c(=O)[nH]c1=O. The number of aliphatic hydroxyl groups is 3. The Balaban J connectivity index is 1.78. The number of amides is 2. The number of primary amides is 1. The summed E-state index contributed by atoms with van der Waals surface area (Å²) in [5.74, 6) is -3.12. The van der Waals surface area contributed by atoms with Gasteiger partial charge in [0.1, 0.15) is 36.2 Å². The number of nitrogens with one attached hydrogen (secondary N) is 2. The molecule has 0 aromatic carbocycles. The fraction of sp³-hybridized carbons (Fsp3) is 0.476. The van der Waals surface area contributed by atoms with Crippen molar-refractivity contribution in [2.24, 2.45) is 17.4 Å². The van der Waals surface area contributed by atoms with Gasteiger partial charge in [-0.2, -0.15) is 0 Å². The van der Waals surface area contributed by atoms with Crippen molar-refractivity contribution >= 4 is 11.8 Å². The molecular weight excluding hydrogens is 480 g/mol. The maximum atomic E-state index is 12.8. The van der Waals surface area contributed by atoms with Crippen molar-refractivity contribution in [1.29, 1.82) is 0 Å². The molecule has 0 radical (unpaired) electrons. The zero-order chi connectivity index (χ0) is 26.9. The van der Waals surface area contributed by atoms with Crippen molar-refractivity contribution in [3.63, 3.8) is 0 Å². The van der Waals surface area contributed by atoms with E-state index in [1.807, 2.05) is 4.98 Å². The first kappa shape index (κ1) is 27.0. The number of nitrogens with zero attached hydrogens (tertiary/aromatic N) is 2. The predicted octanol–water partition coefficient (Wildman–Crippen LogP) is -3.77. The van der Waals surface area contributed by atoms with Crippen LogP contribution in [0.15, 0.2) is 34.1 Å². The number of carbonyl (C=O) groups excluding carboxylic acids is 2. The number of aromatic nitrogens is 3. The molecule has 0 bridgehead atoms. The van der Waals surface area contributed by atoms with Gasteiger partial charge in [0, 0.05) is 17.7 Å².